The van der Waals surface area contributed by atoms with Crippen molar-refractivity contribution in [1.82, 2.24) is 10.2 Å². The van der Waals surface area contributed by atoms with Crippen LogP contribution in [0.1, 0.15) is 26.7 Å². The van der Waals surface area contributed by atoms with Crippen molar-refractivity contribution in [3.05, 3.63) is 0 Å². The zero-order valence-corrected chi connectivity index (χ0v) is 10.5. The van der Waals surface area contributed by atoms with E-state index in [4.69, 9.17) is 4.74 Å². The van der Waals surface area contributed by atoms with E-state index < -0.39 is 0 Å². The Morgan fingerprint density at radius 1 is 1.40 bits per heavy atom. The van der Waals surface area contributed by atoms with Gasteiger partial charge < -0.3 is 10.1 Å². The monoisotopic (exact) mass is 214 g/mol. The molecule has 1 N–H and O–H groups in total. The maximum absolute atomic E-state index is 5.34. The first-order chi connectivity index (χ1) is 7.22. The number of nitrogens with zero attached hydrogens (tertiary/aromatic N) is 1. The van der Waals surface area contributed by atoms with Crippen molar-refractivity contribution in [2.45, 2.75) is 32.8 Å². The normalized spacial score (nSPS) is 22.8. The lowest BCUT2D eigenvalue weighted by molar-refractivity contribution is 0.108. The molecule has 1 atom stereocenters. The van der Waals surface area contributed by atoms with Gasteiger partial charge in [-0.15, -0.1) is 0 Å². The SMILES string of the molecule is COC1CCN(CCNCCC(C)C)C1. The first-order valence-corrected chi connectivity index (χ1v) is 6.18. The second-order valence-corrected chi connectivity index (χ2v) is 4.88. The molecular formula is C12H26N2O. The lowest BCUT2D eigenvalue weighted by Gasteiger charge is -2.16. The molecular weight excluding hydrogens is 188 g/mol. The van der Waals surface area contributed by atoms with Crippen LogP contribution in [0.25, 0.3) is 0 Å². The predicted molar refractivity (Wildman–Crippen MR) is 64.2 cm³/mol. The predicted octanol–water partition coefficient (Wildman–Crippen LogP) is 1.34. The zero-order valence-electron chi connectivity index (χ0n) is 10.5. The lowest BCUT2D eigenvalue weighted by Crippen LogP contribution is -2.32. The fourth-order valence-corrected chi connectivity index (χ4v) is 1.95. The number of hydrogen-bond acceptors (Lipinski definition) is 3. The number of rotatable bonds is 7. The van der Waals surface area contributed by atoms with E-state index in [1.54, 1.807) is 0 Å². The largest absolute Gasteiger partial charge is 0.380 e. The molecule has 0 bridgehead atoms. The Morgan fingerprint density at radius 3 is 2.80 bits per heavy atom. The second kappa shape index (κ2) is 7.20. The summed E-state index contributed by atoms with van der Waals surface area (Å²) in [6, 6.07) is 0. The smallest absolute Gasteiger partial charge is 0.0710 e. The van der Waals surface area contributed by atoms with Crippen molar-refractivity contribution in [3.8, 4) is 0 Å². The minimum Gasteiger partial charge on any atom is -0.380 e. The van der Waals surface area contributed by atoms with Crippen molar-refractivity contribution in [2.75, 3.05) is 39.8 Å². The molecule has 0 aromatic carbocycles. The van der Waals surface area contributed by atoms with Crippen LogP contribution in [0.5, 0.6) is 0 Å². The minimum atomic E-state index is 0.473. The molecule has 90 valence electrons. The summed E-state index contributed by atoms with van der Waals surface area (Å²) in [5, 5.41) is 3.49. The molecule has 1 unspecified atom stereocenters. The Balaban J connectivity index is 1.92. The molecule has 0 aliphatic carbocycles. The third kappa shape index (κ3) is 5.50. The number of methoxy groups -OCH3 is 1. The molecule has 0 saturated carbocycles. The summed E-state index contributed by atoms with van der Waals surface area (Å²) < 4.78 is 5.34. The van der Waals surface area contributed by atoms with Crippen LogP contribution in [0.3, 0.4) is 0 Å². The van der Waals surface area contributed by atoms with Crippen LogP contribution in [0.2, 0.25) is 0 Å². The van der Waals surface area contributed by atoms with Crippen molar-refractivity contribution in [1.29, 1.82) is 0 Å². The van der Waals surface area contributed by atoms with Gasteiger partial charge in [0.25, 0.3) is 0 Å². The summed E-state index contributed by atoms with van der Waals surface area (Å²) in [7, 11) is 1.81. The molecule has 3 nitrogen and oxygen atoms in total. The Labute approximate surface area is 94.2 Å². The summed E-state index contributed by atoms with van der Waals surface area (Å²) in [6.07, 6.45) is 2.95. The van der Waals surface area contributed by atoms with Gasteiger partial charge in [0, 0.05) is 33.3 Å². The maximum Gasteiger partial charge on any atom is 0.0710 e. The van der Waals surface area contributed by atoms with Gasteiger partial charge in [0.1, 0.15) is 0 Å². The van der Waals surface area contributed by atoms with Crippen LogP contribution in [0, 0.1) is 5.92 Å². The van der Waals surface area contributed by atoms with Crippen LogP contribution in [0.4, 0.5) is 0 Å². The van der Waals surface area contributed by atoms with Gasteiger partial charge in [0.2, 0.25) is 0 Å². The number of ether oxygens (including phenoxy) is 1. The van der Waals surface area contributed by atoms with Crippen LogP contribution in [-0.2, 0) is 4.74 Å². The highest BCUT2D eigenvalue weighted by atomic mass is 16.5. The van der Waals surface area contributed by atoms with E-state index in [0.717, 1.165) is 32.1 Å². The van der Waals surface area contributed by atoms with Gasteiger partial charge in [0.15, 0.2) is 0 Å². The summed E-state index contributed by atoms with van der Waals surface area (Å²) in [6.45, 7) is 10.3. The standard InChI is InChI=1S/C12H26N2O/c1-11(2)4-6-13-7-9-14-8-5-12(10-14)15-3/h11-13H,4-10H2,1-3H3. The van der Waals surface area contributed by atoms with E-state index >= 15 is 0 Å². The molecule has 0 aromatic heterocycles. The quantitative estimate of drug-likeness (QED) is 0.647. The van der Waals surface area contributed by atoms with Gasteiger partial charge in [-0.25, -0.2) is 0 Å². The second-order valence-electron chi connectivity index (χ2n) is 4.88. The van der Waals surface area contributed by atoms with Crippen LogP contribution in [-0.4, -0.2) is 50.8 Å². The van der Waals surface area contributed by atoms with Gasteiger partial charge in [-0.1, -0.05) is 13.8 Å². The van der Waals surface area contributed by atoms with Gasteiger partial charge in [-0.2, -0.15) is 0 Å². The van der Waals surface area contributed by atoms with Crippen LogP contribution >= 0.6 is 0 Å². The van der Waals surface area contributed by atoms with Crippen molar-refractivity contribution in [2.24, 2.45) is 5.92 Å². The number of hydrogen-bond donors (Lipinski definition) is 1. The Bertz CT molecular complexity index is 162. The van der Waals surface area contributed by atoms with Crippen molar-refractivity contribution in [3.63, 3.8) is 0 Å². The Hall–Kier alpha value is -0.120. The summed E-state index contributed by atoms with van der Waals surface area (Å²) in [5.74, 6) is 0.808. The highest BCUT2D eigenvalue weighted by Gasteiger charge is 2.20. The first kappa shape index (κ1) is 12.9. The van der Waals surface area contributed by atoms with Crippen LogP contribution in [0.15, 0.2) is 0 Å². The zero-order chi connectivity index (χ0) is 11.1. The van der Waals surface area contributed by atoms with Crippen LogP contribution < -0.4 is 5.32 Å². The van der Waals surface area contributed by atoms with E-state index in [1.807, 2.05) is 7.11 Å². The molecule has 15 heavy (non-hydrogen) atoms. The number of nitrogens with one attached hydrogen (secondary N) is 1. The third-order valence-corrected chi connectivity index (χ3v) is 3.07. The molecule has 0 radical (unpaired) electrons. The highest BCUT2D eigenvalue weighted by molar-refractivity contribution is 4.75. The van der Waals surface area contributed by atoms with E-state index in [1.165, 1.54) is 19.4 Å². The van der Waals surface area contributed by atoms with Gasteiger partial charge in [-0.05, 0) is 25.3 Å². The van der Waals surface area contributed by atoms with Crippen molar-refractivity contribution < 1.29 is 4.74 Å². The topological polar surface area (TPSA) is 24.5 Å². The van der Waals surface area contributed by atoms with Crippen molar-refractivity contribution >= 4 is 0 Å². The molecule has 1 saturated heterocycles. The fraction of sp³-hybridized carbons (Fsp3) is 1.00. The molecule has 3 heteroatoms. The Morgan fingerprint density at radius 2 is 2.20 bits per heavy atom. The molecule has 0 spiro atoms. The van der Waals surface area contributed by atoms with E-state index in [2.05, 4.69) is 24.1 Å². The molecule has 1 aliphatic heterocycles. The highest BCUT2D eigenvalue weighted by Crippen LogP contribution is 2.10. The van der Waals surface area contributed by atoms with E-state index in [0.29, 0.717) is 6.10 Å². The third-order valence-electron chi connectivity index (χ3n) is 3.07. The Kier molecular flexibility index (Phi) is 6.22. The maximum atomic E-state index is 5.34. The van der Waals surface area contributed by atoms with E-state index in [-0.39, 0.29) is 0 Å². The molecule has 1 heterocycles. The minimum absolute atomic E-state index is 0.473. The molecule has 1 rings (SSSR count). The number of likely N-dealkylation sites (tertiary alicyclic amines) is 1. The first-order valence-electron chi connectivity index (χ1n) is 6.18. The summed E-state index contributed by atoms with van der Waals surface area (Å²) in [4.78, 5) is 2.48. The average Bonchev–Trinajstić information content (AvgIpc) is 2.65. The average molecular weight is 214 g/mol. The summed E-state index contributed by atoms with van der Waals surface area (Å²) >= 11 is 0. The van der Waals surface area contributed by atoms with Gasteiger partial charge >= 0.3 is 0 Å². The lowest BCUT2D eigenvalue weighted by atomic mass is 10.1. The molecule has 1 fully saturated rings. The summed E-state index contributed by atoms with van der Waals surface area (Å²) in [5.41, 5.74) is 0. The van der Waals surface area contributed by atoms with Gasteiger partial charge in [-0.3, -0.25) is 4.90 Å². The van der Waals surface area contributed by atoms with E-state index in [9.17, 15) is 0 Å². The molecule has 0 amide bonds. The molecule has 0 aromatic rings. The van der Waals surface area contributed by atoms with Gasteiger partial charge in [0.05, 0.1) is 6.10 Å². The molecule has 1 aliphatic rings. The fourth-order valence-electron chi connectivity index (χ4n) is 1.95.